The van der Waals surface area contributed by atoms with Crippen LogP contribution in [0.3, 0.4) is 0 Å². The van der Waals surface area contributed by atoms with Gasteiger partial charge in [0.2, 0.25) is 5.91 Å². The molecule has 2 rings (SSSR count). The highest BCUT2D eigenvalue weighted by Gasteiger charge is 2.20. The third-order valence-corrected chi connectivity index (χ3v) is 4.74. The molecule has 1 aromatic heterocycles. The number of nitrogens with one attached hydrogen (secondary N) is 1. The van der Waals surface area contributed by atoms with Gasteiger partial charge in [-0.05, 0) is 40.2 Å². The Bertz CT molecular complexity index is 794. The number of amides is 2. The molecule has 1 aromatic carbocycles. The summed E-state index contributed by atoms with van der Waals surface area (Å²) in [5.41, 5.74) is 2.41. The first-order valence-electron chi connectivity index (χ1n) is 9.44. The van der Waals surface area contributed by atoms with E-state index in [0.29, 0.717) is 26.1 Å². The van der Waals surface area contributed by atoms with Crippen LogP contribution in [-0.4, -0.2) is 47.1 Å². The van der Waals surface area contributed by atoms with E-state index >= 15 is 0 Å². The van der Waals surface area contributed by atoms with E-state index in [4.69, 9.17) is 4.74 Å². The van der Waals surface area contributed by atoms with Gasteiger partial charge in [0.15, 0.2) is 0 Å². The fraction of sp³-hybridized carbons (Fsp3) is 0.476. The first kappa shape index (κ1) is 21.9. The molecule has 6 nitrogen and oxygen atoms in total. The quantitative estimate of drug-likeness (QED) is 0.757. The highest BCUT2D eigenvalue weighted by Crippen LogP contribution is 2.21. The van der Waals surface area contributed by atoms with Crippen LogP contribution in [-0.2, 0) is 16.0 Å². The largest absolute Gasteiger partial charge is 0.444 e. The summed E-state index contributed by atoms with van der Waals surface area (Å²) in [5.74, 6) is -0.0718. The maximum absolute atomic E-state index is 12.2. The monoisotopic (exact) mass is 403 g/mol. The molecule has 28 heavy (non-hydrogen) atoms. The van der Waals surface area contributed by atoms with Crippen molar-refractivity contribution in [2.75, 3.05) is 19.6 Å². The Morgan fingerprint density at radius 1 is 1.21 bits per heavy atom. The molecular weight excluding hydrogens is 374 g/mol. The van der Waals surface area contributed by atoms with E-state index in [2.05, 4.69) is 10.3 Å². The number of benzene rings is 1. The predicted octanol–water partition coefficient (Wildman–Crippen LogP) is 4.03. The van der Waals surface area contributed by atoms with E-state index in [0.717, 1.165) is 21.8 Å². The smallest absolute Gasteiger partial charge is 0.410 e. The topological polar surface area (TPSA) is 71.5 Å². The van der Waals surface area contributed by atoms with Gasteiger partial charge >= 0.3 is 6.09 Å². The summed E-state index contributed by atoms with van der Waals surface area (Å²) < 4.78 is 5.36. The second kappa shape index (κ2) is 9.68. The number of carbonyl (C=O) groups excluding carboxylic acids is 2. The standard InChI is InChI=1S/C21H29N3O3S/c1-6-24(20(26)27-21(3,4)5)12-11-22-19(25)13-16-7-9-17(10-8-16)18-14-28-15(2)23-18/h7-10,14H,6,11-13H2,1-5H3,(H,22,25). The molecule has 1 heterocycles. The Morgan fingerprint density at radius 3 is 2.43 bits per heavy atom. The van der Waals surface area contributed by atoms with Gasteiger partial charge in [-0.3, -0.25) is 4.79 Å². The predicted molar refractivity (Wildman–Crippen MR) is 112 cm³/mol. The maximum Gasteiger partial charge on any atom is 0.410 e. The van der Waals surface area contributed by atoms with Crippen LogP contribution in [0.15, 0.2) is 29.6 Å². The number of thiazole rings is 1. The highest BCUT2D eigenvalue weighted by molar-refractivity contribution is 7.09. The minimum atomic E-state index is -0.531. The van der Waals surface area contributed by atoms with Crippen molar-refractivity contribution in [3.8, 4) is 11.3 Å². The number of aromatic nitrogens is 1. The lowest BCUT2D eigenvalue weighted by atomic mass is 10.1. The number of likely N-dealkylation sites (N-methyl/N-ethyl adjacent to an activating group) is 1. The number of nitrogens with zero attached hydrogens (tertiary/aromatic N) is 2. The van der Waals surface area contributed by atoms with E-state index in [-0.39, 0.29) is 12.0 Å². The Kier molecular flexibility index (Phi) is 7.57. The van der Waals surface area contributed by atoms with Crippen molar-refractivity contribution in [1.29, 1.82) is 0 Å². The zero-order valence-electron chi connectivity index (χ0n) is 17.2. The third kappa shape index (κ3) is 6.96. The SMILES string of the molecule is CCN(CCNC(=O)Cc1ccc(-c2csc(C)n2)cc1)C(=O)OC(C)(C)C. The van der Waals surface area contributed by atoms with Crippen molar-refractivity contribution < 1.29 is 14.3 Å². The number of ether oxygens (including phenoxy) is 1. The van der Waals surface area contributed by atoms with E-state index in [1.807, 2.05) is 64.3 Å². The van der Waals surface area contributed by atoms with Crippen molar-refractivity contribution in [3.05, 3.63) is 40.2 Å². The van der Waals surface area contributed by atoms with Crippen molar-refractivity contribution in [2.24, 2.45) is 0 Å². The number of carbonyl (C=O) groups is 2. The molecule has 0 spiro atoms. The van der Waals surface area contributed by atoms with Gasteiger partial charge in [-0.2, -0.15) is 0 Å². The lowest BCUT2D eigenvalue weighted by Gasteiger charge is -2.26. The Morgan fingerprint density at radius 2 is 1.89 bits per heavy atom. The van der Waals surface area contributed by atoms with Crippen LogP contribution in [0, 0.1) is 6.92 Å². The molecule has 0 atom stereocenters. The molecule has 7 heteroatoms. The van der Waals surface area contributed by atoms with E-state index in [1.54, 1.807) is 16.2 Å². The molecule has 0 aliphatic carbocycles. The highest BCUT2D eigenvalue weighted by atomic mass is 32.1. The fourth-order valence-corrected chi connectivity index (χ4v) is 3.19. The number of aryl methyl sites for hydroxylation is 1. The third-order valence-electron chi connectivity index (χ3n) is 3.97. The van der Waals surface area contributed by atoms with Gasteiger partial charge in [-0.1, -0.05) is 24.3 Å². The van der Waals surface area contributed by atoms with E-state index in [9.17, 15) is 9.59 Å². The molecule has 1 N–H and O–H groups in total. The summed E-state index contributed by atoms with van der Waals surface area (Å²) in [4.78, 5) is 30.3. The fourth-order valence-electron chi connectivity index (χ4n) is 2.57. The van der Waals surface area contributed by atoms with Gasteiger partial charge in [-0.25, -0.2) is 9.78 Å². The maximum atomic E-state index is 12.2. The normalized spacial score (nSPS) is 11.2. The van der Waals surface area contributed by atoms with Crippen molar-refractivity contribution in [3.63, 3.8) is 0 Å². The first-order chi connectivity index (χ1) is 13.2. The van der Waals surface area contributed by atoms with Crippen molar-refractivity contribution in [1.82, 2.24) is 15.2 Å². The van der Waals surface area contributed by atoms with Crippen LogP contribution in [0.2, 0.25) is 0 Å². The van der Waals surface area contributed by atoms with Crippen LogP contribution < -0.4 is 5.32 Å². The van der Waals surface area contributed by atoms with Crippen LogP contribution >= 0.6 is 11.3 Å². The molecule has 0 aliphatic heterocycles. The second-order valence-corrected chi connectivity index (χ2v) is 8.60. The summed E-state index contributed by atoms with van der Waals surface area (Å²) in [5, 5.41) is 5.93. The first-order valence-corrected chi connectivity index (χ1v) is 10.3. The summed E-state index contributed by atoms with van der Waals surface area (Å²) in [6, 6.07) is 7.86. The molecule has 0 unspecified atom stereocenters. The molecular formula is C21H29N3O3S. The Hall–Kier alpha value is -2.41. The van der Waals surface area contributed by atoms with Crippen LogP contribution in [0.25, 0.3) is 11.3 Å². The molecule has 0 saturated carbocycles. The molecule has 0 saturated heterocycles. The molecule has 0 aliphatic rings. The summed E-state index contributed by atoms with van der Waals surface area (Å²) >= 11 is 1.62. The summed E-state index contributed by atoms with van der Waals surface area (Å²) in [7, 11) is 0. The molecule has 2 aromatic rings. The van der Waals surface area contributed by atoms with E-state index < -0.39 is 5.60 Å². The van der Waals surface area contributed by atoms with Gasteiger partial charge in [0.05, 0.1) is 17.1 Å². The van der Waals surface area contributed by atoms with Crippen molar-refractivity contribution >= 4 is 23.3 Å². The van der Waals surface area contributed by atoms with Crippen LogP contribution in [0.1, 0.15) is 38.3 Å². The average Bonchev–Trinajstić information content (AvgIpc) is 3.04. The van der Waals surface area contributed by atoms with Crippen molar-refractivity contribution in [2.45, 2.75) is 46.6 Å². The van der Waals surface area contributed by atoms with Gasteiger partial charge in [0.1, 0.15) is 5.60 Å². The molecule has 0 bridgehead atoms. The zero-order valence-corrected chi connectivity index (χ0v) is 18.1. The van der Waals surface area contributed by atoms with Gasteiger partial charge in [0, 0.05) is 30.6 Å². The molecule has 0 fully saturated rings. The number of rotatable bonds is 7. The average molecular weight is 404 g/mol. The Balaban J connectivity index is 1.79. The van der Waals surface area contributed by atoms with Gasteiger partial charge in [0.25, 0.3) is 0 Å². The zero-order chi connectivity index (χ0) is 20.7. The number of hydrogen-bond acceptors (Lipinski definition) is 5. The minimum absolute atomic E-state index is 0.0718. The molecule has 2 amide bonds. The van der Waals surface area contributed by atoms with Gasteiger partial charge < -0.3 is 15.0 Å². The minimum Gasteiger partial charge on any atom is -0.444 e. The van der Waals surface area contributed by atoms with Crippen LogP contribution in [0.4, 0.5) is 4.79 Å². The second-order valence-electron chi connectivity index (χ2n) is 7.54. The van der Waals surface area contributed by atoms with Gasteiger partial charge in [-0.15, -0.1) is 11.3 Å². The molecule has 152 valence electrons. The summed E-state index contributed by atoms with van der Waals surface area (Å²) in [6.45, 7) is 10.7. The lowest BCUT2D eigenvalue weighted by molar-refractivity contribution is -0.120. The molecule has 0 radical (unpaired) electrons. The summed E-state index contributed by atoms with van der Waals surface area (Å²) in [6.07, 6.45) is -0.0633. The number of hydrogen-bond donors (Lipinski definition) is 1. The van der Waals surface area contributed by atoms with E-state index in [1.165, 1.54) is 0 Å². The van der Waals surface area contributed by atoms with Crippen LogP contribution in [0.5, 0.6) is 0 Å². The lowest BCUT2D eigenvalue weighted by Crippen LogP contribution is -2.41. The Labute approximate surface area is 170 Å².